The molecule has 76 valence electrons. The number of rotatable bonds is 4. The predicted molar refractivity (Wildman–Crippen MR) is 64.0 cm³/mol. The quantitative estimate of drug-likeness (QED) is 0.813. The van der Waals surface area contributed by atoms with Crippen molar-refractivity contribution in [2.24, 2.45) is 0 Å². The van der Waals surface area contributed by atoms with E-state index in [4.69, 9.17) is 0 Å². The summed E-state index contributed by atoms with van der Waals surface area (Å²) in [6.45, 7) is 2.30. The van der Waals surface area contributed by atoms with Gasteiger partial charge in [0.05, 0.1) is 0 Å². The van der Waals surface area contributed by atoms with Gasteiger partial charge in [-0.1, -0.05) is 30.3 Å². The molecule has 1 nitrogen and oxygen atoms in total. The topological polar surface area (TPSA) is 12.0 Å². The van der Waals surface area contributed by atoms with E-state index in [1.165, 1.54) is 17.7 Å². The summed E-state index contributed by atoms with van der Waals surface area (Å²) >= 11 is 1.94. The number of thioether (sulfide) groups is 1. The van der Waals surface area contributed by atoms with Gasteiger partial charge in [-0.3, -0.25) is 0 Å². The van der Waals surface area contributed by atoms with E-state index in [2.05, 4.69) is 41.9 Å². The Morgan fingerprint density at radius 3 is 2.50 bits per heavy atom. The van der Waals surface area contributed by atoms with E-state index in [9.17, 15) is 0 Å². The van der Waals surface area contributed by atoms with Crippen molar-refractivity contribution in [3.05, 3.63) is 35.9 Å². The number of hydrogen-bond acceptors (Lipinski definition) is 2. The third-order valence-corrected chi connectivity index (χ3v) is 3.71. The fourth-order valence-electron chi connectivity index (χ4n) is 2.04. The van der Waals surface area contributed by atoms with Crippen molar-refractivity contribution in [2.75, 3.05) is 25.1 Å². The van der Waals surface area contributed by atoms with Crippen LogP contribution in [0.4, 0.5) is 0 Å². The highest BCUT2D eigenvalue weighted by Gasteiger charge is 2.37. The van der Waals surface area contributed by atoms with Crippen molar-refractivity contribution < 1.29 is 0 Å². The summed E-state index contributed by atoms with van der Waals surface area (Å²) in [5.74, 6) is 1.26. The molecule has 1 aromatic carbocycles. The lowest BCUT2D eigenvalue weighted by Crippen LogP contribution is -2.57. The van der Waals surface area contributed by atoms with Crippen LogP contribution in [0.1, 0.15) is 12.0 Å². The summed E-state index contributed by atoms with van der Waals surface area (Å²) in [6.07, 6.45) is 3.48. The van der Waals surface area contributed by atoms with Gasteiger partial charge in [-0.15, -0.1) is 0 Å². The molecular weight excluding hydrogens is 190 g/mol. The van der Waals surface area contributed by atoms with Gasteiger partial charge in [0.25, 0.3) is 0 Å². The van der Waals surface area contributed by atoms with Crippen LogP contribution in [0.2, 0.25) is 0 Å². The Hall–Kier alpha value is -0.470. The molecule has 0 spiro atoms. The van der Waals surface area contributed by atoms with Gasteiger partial charge in [0.1, 0.15) is 0 Å². The van der Waals surface area contributed by atoms with E-state index in [-0.39, 0.29) is 0 Å². The monoisotopic (exact) mass is 207 g/mol. The van der Waals surface area contributed by atoms with E-state index in [0.29, 0.717) is 5.41 Å². The normalized spacial score (nSPS) is 18.9. The Morgan fingerprint density at radius 1 is 1.29 bits per heavy atom. The zero-order chi connectivity index (χ0) is 9.86. The van der Waals surface area contributed by atoms with Crippen LogP contribution >= 0.6 is 11.8 Å². The second-order valence-corrected chi connectivity index (χ2v) is 4.98. The molecule has 0 atom stereocenters. The van der Waals surface area contributed by atoms with E-state index in [1.54, 1.807) is 0 Å². The van der Waals surface area contributed by atoms with Crippen molar-refractivity contribution in [1.29, 1.82) is 0 Å². The van der Waals surface area contributed by atoms with Crippen LogP contribution in [0.15, 0.2) is 30.3 Å². The van der Waals surface area contributed by atoms with Gasteiger partial charge < -0.3 is 5.32 Å². The molecule has 0 amide bonds. The average Bonchev–Trinajstić information content (AvgIpc) is 2.18. The Morgan fingerprint density at radius 2 is 2.00 bits per heavy atom. The van der Waals surface area contributed by atoms with Crippen molar-refractivity contribution >= 4 is 11.8 Å². The lowest BCUT2D eigenvalue weighted by atomic mass is 9.73. The summed E-state index contributed by atoms with van der Waals surface area (Å²) < 4.78 is 0. The third kappa shape index (κ3) is 1.82. The molecular formula is C12H17NS. The molecule has 0 aliphatic carbocycles. The van der Waals surface area contributed by atoms with Gasteiger partial charge in [-0.05, 0) is 24.0 Å². The molecule has 1 heterocycles. The smallest absolute Gasteiger partial charge is 0.0210 e. The van der Waals surface area contributed by atoms with Crippen LogP contribution in [-0.2, 0) is 5.41 Å². The summed E-state index contributed by atoms with van der Waals surface area (Å²) in [7, 11) is 0. The minimum absolute atomic E-state index is 0.435. The van der Waals surface area contributed by atoms with Crippen LogP contribution in [-0.4, -0.2) is 25.1 Å². The largest absolute Gasteiger partial charge is 0.315 e. The van der Waals surface area contributed by atoms with E-state index < -0.39 is 0 Å². The van der Waals surface area contributed by atoms with Gasteiger partial charge in [0.2, 0.25) is 0 Å². The summed E-state index contributed by atoms with van der Waals surface area (Å²) in [6, 6.07) is 10.9. The zero-order valence-corrected chi connectivity index (χ0v) is 9.44. The number of nitrogens with one attached hydrogen (secondary N) is 1. The maximum Gasteiger partial charge on any atom is 0.0210 e. The van der Waals surface area contributed by atoms with Crippen LogP contribution < -0.4 is 5.32 Å². The zero-order valence-electron chi connectivity index (χ0n) is 8.62. The molecule has 1 saturated heterocycles. The highest BCUT2D eigenvalue weighted by Crippen LogP contribution is 2.32. The highest BCUT2D eigenvalue weighted by molar-refractivity contribution is 7.98. The fraction of sp³-hybridized carbons (Fsp3) is 0.500. The molecule has 0 unspecified atom stereocenters. The molecule has 1 N–H and O–H groups in total. The van der Waals surface area contributed by atoms with Gasteiger partial charge in [0, 0.05) is 18.5 Å². The van der Waals surface area contributed by atoms with Crippen molar-refractivity contribution in [1.82, 2.24) is 5.32 Å². The minimum atomic E-state index is 0.435. The molecule has 1 aliphatic heterocycles. The summed E-state index contributed by atoms with van der Waals surface area (Å²) in [4.78, 5) is 0. The van der Waals surface area contributed by atoms with Crippen molar-refractivity contribution in [3.8, 4) is 0 Å². The summed E-state index contributed by atoms with van der Waals surface area (Å²) in [5, 5.41) is 3.40. The average molecular weight is 207 g/mol. The predicted octanol–water partition coefficient (Wildman–Crippen LogP) is 2.28. The first kappa shape index (κ1) is 10.1. The van der Waals surface area contributed by atoms with E-state index >= 15 is 0 Å². The molecule has 1 aliphatic rings. The second-order valence-electron chi connectivity index (χ2n) is 3.99. The Balaban J connectivity index is 2.12. The SMILES string of the molecule is CSCCC1(c2ccccc2)CNC1. The van der Waals surface area contributed by atoms with Crippen molar-refractivity contribution in [2.45, 2.75) is 11.8 Å². The van der Waals surface area contributed by atoms with Gasteiger partial charge >= 0.3 is 0 Å². The first-order chi connectivity index (χ1) is 6.87. The molecule has 0 radical (unpaired) electrons. The summed E-state index contributed by atoms with van der Waals surface area (Å²) in [5.41, 5.74) is 1.94. The Bertz CT molecular complexity index is 280. The Labute approximate surface area is 90.3 Å². The van der Waals surface area contributed by atoms with Crippen LogP contribution in [0.25, 0.3) is 0 Å². The van der Waals surface area contributed by atoms with Gasteiger partial charge in [-0.25, -0.2) is 0 Å². The molecule has 0 saturated carbocycles. The fourth-order valence-corrected chi connectivity index (χ4v) is 2.64. The van der Waals surface area contributed by atoms with Crippen LogP contribution in [0.3, 0.4) is 0 Å². The van der Waals surface area contributed by atoms with Gasteiger partial charge in [-0.2, -0.15) is 11.8 Å². The molecule has 2 heteroatoms. The third-order valence-electron chi connectivity index (χ3n) is 3.10. The lowest BCUT2D eigenvalue weighted by Gasteiger charge is -2.43. The number of hydrogen-bond donors (Lipinski definition) is 1. The number of benzene rings is 1. The second kappa shape index (κ2) is 4.37. The van der Waals surface area contributed by atoms with Crippen LogP contribution in [0, 0.1) is 0 Å². The van der Waals surface area contributed by atoms with Gasteiger partial charge in [0.15, 0.2) is 0 Å². The maximum atomic E-state index is 3.40. The first-order valence-corrected chi connectivity index (χ1v) is 6.52. The van der Waals surface area contributed by atoms with E-state index in [0.717, 1.165) is 13.1 Å². The first-order valence-electron chi connectivity index (χ1n) is 5.13. The molecule has 14 heavy (non-hydrogen) atoms. The molecule has 1 aromatic rings. The van der Waals surface area contributed by atoms with E-state index in [1.807, 2.05) is 11.8 Å². The maximum absolute atomic E-state index is 3.40. The lowest BCUT2D eigenvalue weighted by molar-refractivity contribution is 0.269. The molecule has 2 rings (SSSR count). The minimum Gasteiger partial charge on any atom is -0.315 e. The molecule has 1 fully saturated rings. The Kier molecular flexibility index (Phi) is 3.14. The molecule has 0 aromatic heterocycles. The standard InChI is InChI=1S/C12H17NS/c1-14-8-7-12(9-13-10-12)11-5-3-2-4-6-11/h2-6,13H,7-10H2,1H3. The molecule has 0 bridgehead atoms. The van der Waals surface area contributed by atoms with Crippen molar-refractivity contribution in [3.63, 3.8) is 0 Å². The van der Waals surface area contributed by atoms with Crippen LogP contribution in [0.5, 0.6) is 0 Å². The highest BCUT2D eigenvalue weighted by atomic mass is 32.2.